The third-order valence-corrected chi connectivity index (χ3v) is 6.38. The molecule has 124 valence electrons. The number of unbranched alkanes of at least 4 members (excludes halogenated alkanes) is 3. The van der Waals surface area contributed by atoms with Crippen molar-refractivity contribution in [1.82, 2.24) is 4.31 Å². The lowest BCUT2D eigenvalue weighted by atomic mass is 10.0. The maximum atomic E-state index is 12.8. The number of hydrogen-bond donors (Lipinski definition) is 1. The Morgan fingerprint density at radius 1 is 1.18 bits per heavy atom. The Bertz CT molecular complexity index is 568. The van der Waals surface area contributed by atoms with Crippen LogP contribution in [0.4, 0.5) is 0 Å². The number of aryl methyl sites for hydroxylation is 1. The number of nitrogens with zero attached hydrogens (tertiary/aromatic N) is 1. The number of hydrogen-bond acceptors (Lipinski definition) is 3. The molecule has 0 amide bonds. The van der Waals surface area contributed by atoms with Gasteiger partial charge in [-0.3, -0.25) is 0 Å². The molecular weight excluding hydrogens is 298 g/mol. The molecule has 0 aliphatic carbocycles. The number of rotatable bonds is 7. The molecule has 0 spiro atoms. The summed E-state index contributed by atoms with van der Waals surface area (Å²) in [7, 11) is -3.51. The van der Waals surface area contributed by atoms with Gasteiger partial charge in [-0.1, -0.05) is 50.3 Å². The Morgan fingerprint density at radius 2 is 1.86 bits per heavy atom. The van der Waals surface area contributed by atoms with Crippen LogP contribution in [-0.2, 0) is 10.0 Å². The van der Waals surface area contributed by atoms with Gasteiger partial charge in [-0.25, -0.2) is 8.42 Å². The summed E-state index contributed by atoms with van der Waals surface area (Å²) in [6.07, 6.45) is 5.11. The summed E-state index contributed by atoms with van der Waals surface area (Å²) in [5.74, 6) is 0. The Hall–Kier alpha value is -0.910. The molecular formula is C17H27NO3S. The van der Waals surface area contributed by atoms with Crippen LogP contribution < -0.4 is 0 Å². The summed E-state index contributed by atoms with van der Waals surface area (Å²) >= 11 is 0. The quantitative estimate of drug-likeness (QED) is 0.784. The smallest absolute Gasteiger partial charge is 0.243 e. The molecule has 1 aliphatic heterocycles. The fourth-order valence-electron chi connectivity index (χ4n) is 3.07. The molecule has 1 aromatic rings. The molecule has 4 nitrogen and oxygen atoms in total. The molecule has 1 N–H and O–H groups in total. The predicted molar refractivity (Wildman–Crippen MR) is 88.2 cm³/mol. The molecule has 22 heavy (non-hydrogen) atoms. The molecule has 0 aromatic heterocycles. The van der Waals surface area contributed by atoms with Crippen LogP contribution in [-0.4, -0.2) is 36.5 Å². The summed E-state index contributed by atoms with van der Waals surface area (Å²) < 4.78 is 27.1. The molecule has 1 saturated heterocycles. The first-order valence-electron chi connectivity index (χ1n) is 8.23. The lowest BCUT2D eigenvalue weighted by Crippen LogP contribution is -2.39. The first-order valence-corrected chi connectivity index (χ1v) is 9.67. The van der Waals surface area contributed by atoms with E-state index in [0.29, 0.717) is 17.9 Å². The topological polar surface area (TPSA) is 57.6 Å². The van der Waals surface area contributed by atoms with Crippen molar-refractivity contribution in [3.05, 3.63) is 29.8 Å². The van der Waals surface area contributed by atoms with Crippen LogP contribution in [0.15, 0.2) is 29.2 Å². The van der Waals surface area contributed by atoms with E-state index in [1.54, 1.807) is 12.1 Å². The Kier molecular flexibility index (Phi) is 6.01. The van der Waals surface area contributed by atoms with Gasteiger partial charge in [-0.05, 0) is 31.9 Å². The Balaban J connectivity index is 2.12. The number of aliphatic hydroxyl groups excluding tert-OH is 1. The average molecular weight is 325 g/mol. The zero-order valence-electron chi connectivity index (χ0n) is 13.5. The molecule has 0 radical (unpaired) electrons. The van der Waals surface area contributed by atoms with Gasteiger partial charge in [0, 0.05) is 6.54 Å². The van der Waals surface area contributed by atoms with E-state index in [1.165, 1.54) is 4.31 Å². The van der Waals surface area contributed by atoms with Crippen LogP contribution in [0.25, 0.3) is 0 Å². The largest absolute Gasteiger partial charge is 0.391 e. The first-order chi connectivity index (χ1) is 10.5. The summed E-state index contributed by atoms with van der Waals surface area (Å²) in [5, 5.41) is 10.2. The number of sulfonamides is 1. The standard InChI is InChI=1S/C17H27NO3S/c1-3-4-5-6-7-16-17(19)12-13-18(16)22(20,21)15-10-8-14(2)9-11-15/h8-11,16-17,19H,3-7,12-13H2,1-2H3/t16-,17-/m1/s1. The van der Waals surface area contributed by atoms with Gasteiger partial charge < -0.3 is 5.11 Å². The van der Waals surface area contributed by atoms with Gasteiger partial charge in [-0.15, -0.1) is 0 Å². The molecule has 1 heterocycles. The third-order valence-electron chi connectivity index (χ3n) is 4.44. The summed E-state index contributed by atoms with van der Waals surface area (Å²) in [5.41, 5.74) is 1.04. The zero-order chi connectivity index (χ0) is 16.2. The van der Waals surface area contributed by atoms with Crippen molar-refractivity contribution in [2.75, 3.05) is 6.54 Å². The van der Waals surface area contributed by atoms with E-state index >= 15 is 0 Å². The number of benzene rings is 1. The second-order valence-electron chi connectivity index (χ2n) is 6.20. The molecule has 1 aliphatic rings. The third kappa shape index (κ3) is 3.89. The highest BCUT2D eigenvalue weighted by Crippen LogP contribution is 2.29. The van der Waals surface area contributed by atoms with E-state index < -0.39 is 16.1 Å². The molecule has 0 bridgehead atoms. The minimum absolute atomic E-state index is 0.275. The Labute approximate surface area is 134 Å². The van der Waals surface area contributed by atoms with Gasteiger partial charge in [0.1, 0.15) is 0 Å². The van der Waals surface area contributed by atoms with E-state index in [2.05, 4.69) is 6.92 Å². The molecule has 0 unspecified atom stereocenters. The van der Waals surface area contributed by atoms with E-state index in [9.17, 15) is 13.5 Å². The van der Waals surface area contributed by atoms with Crippen LogP contribution in [0.5, 0.6) is 0 Å². The molecule has 2 rings (SSSR count). The van der Waals surface area contributed by atoms with Crippen LogP contribution in [0.2, 0.25) is 0 Å². The van der Waals surface area contributed by atoms with Crippen molar-refractivity contribution >= 4 is 10.0 Å². The number of aliphatic hydroxyl groups is 1. The van der Waals surface area contributed by atoms with Crippen LogP contribution >= 0.6 is 0 Å². The van der Waals surface area contributed by atoms with Gasteiger partial charge in [0.15, 0.2) is 0 Å². The second kappa shape index (κ2) is 7.57. The minimum atomic E-state index is -3.51. The molecule has 5 heteroatoms. The first kappa shape index (κ1) is 17.4. The van der Waals surface area contributed by atoms with Gasteiger partial charge in [0.25, 0.3) is 0 Å². The highest BCUT2D eigenvalue weighted by atomic mass is 32.2. The van der Waals surface area contributed by atoms with Crippen molar-refractivity contribution in [3.63, 3.8) is 0 Å². The van der Waals surface area contributed by atoms with Crippen LogP contribution in [0.1, 0.15) is 51.0 Å². The van der Waals surface area contributed by atoms with E-state index in [-0.39, 0.29) is 6.04 Å². The fourth-order valence-corrected chi connectivity index (χ4v) is 4.77. The summed E-state index contributed by atoms with van der Waals surface area (Å²) in [4.78, 5) is 0.325. The highest BCUT2D eigenvalue weighted by Gasteiger charge is 2.40. The predicted octanol–water partition coefficient (Wildman–Crippen LogP) is 3.09. The van der Waals surface area contributed by atoms with Gasteiger partial charge >= 0.3 is 0 Å². The van der Waals surface area contributed by atoms with Crippen LogP contribution in [0, 0.1) is 6.92 Å². The zero-order valence-corrected chi connectivity index (χ0v) is 14.3. The molecule has 0 saturated carbocycles. The SMILES string of the molecule is CCCCCC[C@@H]1[C@H](O)CCN1S(=O)(=O)c1ccc(C)cc1. The van der Waals surface area contributed by atoms with Crippen molar-refractivity contribution in [2.24, 2.45) is 0 Å². The van der Waals surface area contributed by atoms with Crippen molar-refractivity contribution in [3.8, 4) is 0 Å². The van der Waals surface area contributed by atoms with Gasteiger partial charge in [0.05, 0.1) is 17.0 Å². The molecule has 2 atom stereocenters. The average Bonchev–Trinajstić information content (AvgIpc) is 2.86. The normalized spacial score (nSPS) is 23.0. The lowest BCUT2D eigenvalue weighted by Gasteiger charge is -2.25. The van der Waals surface area contributed by atoms with E-state index in [4.69, 9.17) is 0 Å². The van der Waals surface area contributed by atoms with Crippen molar-refractivity contribution in [2.45, 2.75) is 69.4 Å². The maximum Gasteiger partial charge on any atom is 0.243 e. The van der Waals surface area contributed by atoms with Gasteiger partial charge in [0.2, 0.25) is 10.0 Å². The highest BCUT2D eigenvalue weighted by molar-refractivity contribution is 7.89. The van der Waals surface area contributed by atoms with Crippen molar-refractivity contribution < 1.29 is 13.5 Å². The van der Waals surface area contributed by atoms with E-state index in [0.717, 1.165) is 37.7 Å². The summed E-state index contributed by atoms with van der Waals surface area (Å²) in [6.45, 7) is 4.50. The maximum absolute atomic E-state index is 12.8. The lowest BCUT2D eigenvalue weighted by molar-refractivity contribution is 0.135. The molecule has 1 aromatic carbocycles. The second-order valence-corrected chi connectivity index (χ2v) is 8.09. The minimum Gasteiger partial charge on any atom is -0.391 e. The van der Waals surface area contributed by atoms with Gasteiger partial charge in [-0.2, -0.15) is 4.31 Å². The van der Waals surface area contributed by atoms with E-state index in [1.807, 2.05) is 19.1 Å². The van der Waals surface area contributed by atoms with Crippen LogP contribution in [0.3, 0.4) is 0 Å². The Morgan fingerprint density at radius 3 is 2.50 bits per heavy atom. The monoisotopic (exact) mass is 325 g/mol. The molecule has 1 fully saturated rings. The fraction of sp³-hybridized carbons (Fsp3) is 0.647. The summed E-state index contributed by atoms with van der Waals surface area (Å²) in [6, 6.07) is 6.67. The van der Waals surface area contributed by atoms with Crippen molar-refractivity contribution in [1.29, 1.82) is 0 Å².